The first-order valence-electron chi connectivity index (χ1n) is 9.35. The highest BCUT2D eigenvalue weighted by molar-refractivity contribution is 7.91. The molecule has 1 aromatic carbocycles. The van der Waals surface area contributed by atoms with Crippen molar-refractivity contribution in [1.82, 2.24) is 10.6 Å². The fraction of sp³-hybridized carbons (Fsp3) is 0.450. The van der Waals surface area contributed by atoms with Crippen LogP contribution in [0, 0.1) is 6.92 Å². The van der Waals surface area contributed by atoms with Crippen LogP contribution >= 0.6 is 11.3 Å². The first-order chi connectivity index (χ1) is 13.0. The average Bonchev–Trinajstić information content (AvgIpc) is 3.17. The van der Waals surface area contributed by atoms with E-state index in [2.05, 4.69) is 10.6 Å². The Balaban J connectivity index is 1.72. The van der Waals surface area contributed by atoms with Crippen molar-refractivity contribution in [3.05, 3.63) is 52.2 Å². The molecule has 146 valence electrons. The largest absolute Gasteiger partial charge is 0.336 e. The van der Waals surface area contributed by atoms with E-state index >= 15 is 0 Å². The van der Waals surface area contributed by atoms with Crippen molar-refractivity contribution in [3.8, 4) is 0 Å². The fourth-order valence-corrected chi connectivity index (χ4v) is 6.18. The Morgan fingerprint density at radius 3 is 2.48 bits per heavy atom. The molecular weight excluding hydrogens is 380 g/mol. The molecule has 0 radical (unpaired) electrons. The van der Waals surface area contributed by atoms with Gasteiger partial charge in [0.2, 0.25) is 0 Å². The number of carbonyl (C=O) groups is 1. The Hall–Kier alpha value is -1.86. The molecule has 1 fully saturated rings. The number of thiophene rings is 1. The maximum atomic E-state index is 13.2. The van der Waals surface area contributed by atoms with E-state index in [1.165, 1.54) is 17.8 Å². The molecule has 27 heavy (non-hydrogen) atoms. The number of hydrogen-bond donors (Lipinski definition) is 2. The zero-order chi connectivity index (χ0) is 19.3. The van der Waals surface area contributed by atoms with Gasteiger partial charge in [0.15, 0.2) is 9.84 Å². The van der Waals surface area contributed by atoms with Crippen molar-refractivity contribution in [2.75, 3.05) is 6.54 Å². The Labute approximate surface area is 165 Å². The molecule has 2 N–H and O–H groups in total. The molecule has 1 aliphatic rings. The number of urea groups is 1. The minimum absolute atomic E-state index is 0.0509. The van der Waals surface area contributed by atoms with Gasteiger partial charge in [0.05, 0.1) is 4.90 Å². The molecular formula is C20H26N2O3S2. The Morgan fingerprint density at radius 2 is 1.85 bits per heavy atom. The van der Waals surface area contributed by atoms with E-state index in [1.54, 1.807) is 24.3 Å². The summed E-state index contributed by atoms with van der Waals surface area (Å²) < 4.78 is 26.4. The highest BCUT2D eigenvalue weighted by atomic mass is 32.2. The molecule has 0 spiro atoms. The molecule has 1 saturated carbocycles. The molecule has 2 amide bonds. The summed E-state index contributed by atoms with van der Waals surface area (Å²) in [6, 6.07) is 10.4. The lowest BCUT2D eigenvalue weighted by molar-refractivity contribution is 0.232. The number of aryl methyl sites for hydroxylation is 1. The van der Waals surface area contributed by atoms with Crippen molar-refractivity contribution in [1.29, 1.82) is 0 Å². The van der Waals surface area contributed by atoms with Gasteiger partial charge in [-0.1, -0.05) is 43.0 Å². The standard InChI is InChI=1S/C20H26N2O3S2/c1-15-9-11-17(12-10-15)27(24,25)19(18-8-5-13-26-18)14-21-20(23)22-16-6-3-2-4-7-16/h5,8-13,16,19H,2-4,6-7,14H2,1H3,(H2,21,22,23)/t19-/m1/s1. The van der Waals surface area contributed by atoms with E-state index in [1.807, 2.05) is 24.4 Å². The number of rotatable bonds is 6. The van der Waals surface area contributed by atoms with Crippen LogP contribution in [0.4, 0.5) is 4.79 Å². The predicted octanol–water partition coefficient (Wildman–Crippen LogP) is 4.20. The van der Waals surface area contributed by atoms with E-state index in [0.717, 1.165) is 36.1 Å². The molecule has 1 atom stereocenters. The molecule has 7 heteroatoms. The molecule has 3 rings (SSSR count). The number of carbonyl (C=O) groups excluding carboxylic acids is 1. The molecule has 0 saturated heterocycles. The van der Waals surface area contributed by atoms with Gasteiger partial charge in [-0.25, -0.2) is 13.2 Å². The van der Waals surface area contributed by atoms with Crippen molar-refractivity contribution in [3.63, 3.8) is 0 Å². The van der Waals surface area contributed by atoms with E-state index in [-0.39, 0.29) is 23.5 Å². The third-order valence-electron chi connectivity index (χ3n) is 4.97. The van der Waals surface area contributed by atoms with Crippen molar-refractivity contribution in [2.24, 2.45) is 0 Å². The molecule has 2 aromatic rings. The van der Waals surface area contributed by atoms with Crippen LogP contribution in [0.2, 0.25) is 0 Å². The minimum Gasteiger partial charge on any atom is -0.336 e. The third-order valence-corrected chi connectivity index (χ3v) is 8.21. The van der Waals surface area contributed by atoms with Crippen LogP contribution in [0.15, 0.2) is 46.7 Å². The molecule has 0 bridgehead atoms. The summed E-state index contributed by atoms with van der Waals surface area (Å²) in [6.07, 6.45) is 5.46. The molecule has 0 unspecified atom stereocenters. The minimum atomic E-state index is -3.60. The van der Waals surface area contributed by atoms with Crippen LogP contribution in [-0.2, 0) is 9.84 Å². The van der Waals surface area contributed by atoms with Gasteiger partial charge < -0.3 is 10.6 Å². The van der Waals surface area contributed by atoms with Gasteiger partial charge in [-0.2, -0.15) is 0 Å². The maximum absolute atomic E-state index is 13.2. The SMILES string of the molecule is Cc1ccc(S(=O)(=O)[C@H](CNC(=O)NC2CCCCC2)c2cccs2)cc1. The molecule has 1 aromatic heterocycles. The van der Waals surface area contributed by atoms with Gasteiger partial charge in [0.1, 0.15) is 5.25 Å². The summed E-state index contributed by atoms with van der Waals surface area (Å²) in [7, 11) is -3.60. The van der Waals surface area contributed by atoms with Gasteiger partial charge in [-0.05, 0) is 43.3 Å². The zero-order valence-corrected chi connectivity index (χ0v) is 17.1. The average molecular weight is 407 g/mol. The van der Waals surface area contributed by atoms with Gasteiger partial charge >= 0.3 is 6.03 Å². The number of amides is 2. The highest BCUT2D eigenvalue weighted by Crippen LogP contribution is 2.31. The topological polar surface area (TPSA) is 75.3 Å². The van der Waals surface area contributed by atoms with Crippen molar-refractivity contribution < 1.29 is 13.2 Å². The first kappa shape index (κ1) is 19.9. The second-order valence-corrected chi connectivity index (χ2v) is 10.2. The predicted molar refractivity (Wildman–Crippen MR) is 109 cm³/mol. The fourth-order valence-electron chi connectivity index (χ4n) is 3.40. The normalized spacial score (nSPS) is 16.6. The van der Waals surface area contributed by atoms with Crippen molar-refractivity contribution >= 4 is 27.2 Å². The van der Waals surface area contributed by atoms with E-state index in [0.29, 0.717) is 0 Å². The number of nitrogens with one attached hydrogen (secondary N) is 2. The van der Waals surface area contributed by atoms with Crippen LogP contribution < -0.4 is 10.6 Å². The monoisotopic (exact) mass is 406 g/mol. The number of sulfone groups is 1. The van der Waals surface area contributed by atoms with Gasteiger partial charge in [0.25, 0.3) is 0 Å². The molecule has 5 nitrogen and oxygen atoms in total. The van der Waals surface area contributed by atoms with Crippen LogP contribution in [0.5, 0.6) is 0 Å². The van der Waals surface area contributed by atoms with Crippen LogP contribution in [0.1, 0.15) is 47.8 Å². The Kier molecular flexibility index (Phi) is 6.55. The second kappa shape index (κ2) is 8.89. The van der Waals surface area contributed by atoms with Crippen LogP contribution in [0.25, 0.3) is 0 Å². The van der Waals surface area contributed by atoms with Gasteiger partial charge in [0, 0.05) is 17.5 Å². The highest BCUT2D eigenvalue weighted by Gasteiger charge is 2.30. The van der Waals surface area contributed by atoms with E-state index in [4.69, 9.17) is 0 Å². The van der Waals surface area contributed by atoms with Gasteiger partial charge in [-0.15, -0.1) is 11.3 Å². The van der Waals surface area contributed by atoms with E-state index < -0.39 is 15.1 Å². The van der Waals surface area contributed by atoms with Gasteiger partial charge in [-0.3, -0.25) is 0 Å². The zero-order valence-electron chi connectivity index (χ0n) is 15.5. The summed E-state index contributed by atoms with van der Waals surface area (Å²) in [5.74, 6) is 0. The quantitative estimate of drug-likeness (QED) is 0.755. The van der Waals surface area contributed by atoms with E-state index in [9.17, 15) is 13.2 Å². The summed E-state index contributed by atoms with van der Waals surface area (Å²) in [5, 5.41) is 6.82. The number of hydrogen-bond acceptors (Lipinski definition) is 4. The maximum Gasteiger partial charge on any atom is 0.315 e. The molecule has 0 aliphatic heterocycles. The third kappa shape index (κ3) is 5.11. The molecule has 1 aliphatic carbocycles. The van der Waals surface area contributed by atoms with Crippen LogP contribution in [-0.4, -0.2) is 27.0 Å². The Bertz CT molecular complexity index is 840. The summed E-state index contributed by atoms with van der Waals surface area (Å²) >= 11 is 1.39. The summed E-state index contributed by atoms with van der Waals surface area (Å²) in [5.41, 5.74) is 1.01. The summed E-state index contributed by atoms with van der Waals surface area (Å²) in [4.78, 5) is 13.3. The smallest absolute Gasteiger partial charge is 0.315 e. The molecule has 1 heterocycles. The first-order valence-corrected chi connectivity index (χ1v) is 11.8. The lowest BCUT2D eigenvalue weighted by atomic mass is 9.96. The Morgan fingerprint density at radius 1 is 1.15 bits per heavy atom. The van der Waals surface area contributed by atoms with Crippen LogP contribution in [0.3, 0.4) is 0 Å². The lowest BCUT2D eigenvalue weighted by Crippen LogP contribution is -2.44. The number of benzene rings is 1. The summed E-state index contributed by atoms with van der Waals surface area (Å²) in [6.45, 7) is 1.97. The second-order valence-electron chi connectivity index (χ2n) is 7.05. The lowest BCUT2D eigenvalue weighted by Gasteiger charge is -2.24. The van der Waals surface area contributed by atoms with Crippen molar-refractivity contribution in [2.45, 2.75) is 55.2 Å².